The molecular formula is C15H20F2N2O. The molecule has 0 radical (unpaired) electrons. The summed E-state index contributed by atoms with van der Waals surface area (Å²) in [7, 11) is 0. The van der Waals surface area contributed by atoms with Crippen molar-refractivity contribution in [2.45, 2.75) is 45.6 Å². The van der Waals surface area contributed by atoms with Gasteiger partial charge in [-0.15, -0.1) is 0 Å². The Hall–Kier alpha value is -1.52. The Labute approximate surface area is 118 Å². The van der Waals surface area contributed by atoms with Gasteiger partial charge in [0.15, 0.2) is 5.82 Å². The van der Waals surface area contributed by atoms with E-state index < -0.39 is 17.7 Å². The zero-order chi connectivity index (χ0) is 14.7. The van der Waals surface area contributed by atoms with Crippen LogP contribution in [0.3, 0.4) is 0 Å². The summed E-state index contributed by atoms with van der Waals surface area (Å²) in [4.78, 5) is 17.5. The molecule has 0 unspecified atom stereocenters. The largest absolute Gasteiger partial charge is 0.335 e. The van der Waals surface area contributed by atoms with Crippen molar-refractivity contribution in [3.8, 4) is 0 Å². The van der Waals surface area contributed by atoms with Crippen molar-refractivity contribution in [2.24, 2.45) is 5.92 Å². The monoisotopic (exact) mass is 282 g/mol. The minimum absolute atomic E-state index is 0.139. The molecule has 1 aliphatic carbocycles. The third-order valence-electron chi connectivity index (χ3n) is 3.67. The molecule has 0 atom stereocenters. The summed E-state index contributed by atoms with van der Waals surface area (Å²) >= 11 is 0. The number of carbonyl (C=O) groups excluding carboxylic acids is 1. The smallest absolute Gasteiger partial charge is 0.257 e. The van der Waals surface area contributed by atoms with E-state index in [-0.39, 0.29) is 17.5 Å². The van der Waals surface area contributed by atoms with Gasteiger partial charge in [0.1, 0.15) is 0 Å². The lowest BCUT2D eigenvalue weighted by atomic mass is 10.1. The Morgan fingerprint density at radius 1 is 1.40 bits per heavy atom. The van der Waals surface area contributed by atoms with E-state index in [1.54, 1.807) is 4.90 Å². The molecule has 1 aromatic rings. The zero-order valence-electron chi connectivity index (χ0n) is 11.9. The quantitative estimate of drug-likeness (QED) is 0.793. The minimum atomic E-state index is -1.22. The van der Waals surface area contributed by atoms with Crippen LogP contribution in [0.2, 0.25) is 0 Å². The van der Waals surface area contributed by atoms with Gasteiger partial charge >= 0.3 is 0 Å². The summed E-state index contributed by atoms with van der Waals surface area (Å²) in [5, 5.41) is 0. The Balaban J connectivity index is 2.27. The van der Waals surface area contributed by atoms with Gasteiger partial charge in [0.2, 0.25) is 5.95 Å². The average molecular weight is 282 g/mol. The van der Waals surface area contributed by atoms with E-state index in [1.807, 2.05) is 13.8 Å². The maximum Gasteiger partial charge on any atom is 0.257 e. The Kier molecular flexibility index (Phi) is 4.68. The van der Waals surface area contributed by atoms with Crippen LogP contribution in [0.25, 0.3) is 0 Å². The maximum absolute atomic E-state index is 13.8. The zero-order valence-corrected chi connectivity index (χ0v) is 11.9. The summed E-state index contributed by atoms with van der Waals surface area (Å²) in [6.07, 6.45) is 5.18. The van der Waals surface area contributed by atoms with Crippen LogP contribution in [-0.4, -0.2) is 28.4 Å². The first kappa shape index (κ1) is 14.9. The first-order chi connectivity index (χ1) is 9.50. The van der Waals surface area contributed by atoms with Gasteiger partial charge in [-0.3, -0.25) is 4.79 Å². The van der Waals surface area contributed by atoms with Crippen molar-refractivity contribution in [3.63, 3.8) is 0 Å². The third-order valence-corrected chi connectivity index (χ3v) is 3.67. The fraction of sp³-hybridized carbons (Fsp3) is 0.600. The lowest BCUT2D eigenvalue weighted by molar-refractivity contribution is 0.0649. The first-order valence-electron chi connectivity index (χ1n) is 7.11. The predicted molar refractivity (Wildman–Crippen MR) is 72.3 cm³/mol. The van der Waals surface area contributed by atoms with Gasteiger partial charge in [-0.2, -0.15) is 4.39 Å². The molecule has 0 N–H and O–H groups in total. The van der Waals surface area contributed by atoms with Crippen LogP contribution in [-0.2, 0) is 0 Å². The molecule has 1 aromatic heterocycles. The van der Waals surface area contributed by atoms with Crippen molar-refractivity contribution >= 4 is 5.91 Å². The van der Waals surface area contributed by atoms with Crippen LogP contribution in [0.5, 0.6) is 0 Å². The summed E-state index contributed by atoms with van der Waals surface area (Å²) in [6, 6.07) is 1.39. The fourth-order valence-corrected chi connectivity index (χ4v) is 2.75. The highest BCUT2D eigenvalue weighted by molar-refractivity contribution is 5.94. The third kappa shape index (κ3) is 3.14. The number of amides is 1. The van der Waals surface area contributed by atoms with Crippen molar-refractivity contribution < 1.29 is 13.6 Å². The number of halogens is 2. The lowest BCUT2D eigenvalue weighted by Gasteiger charge is -2.30. The maximum atomic E-state index is 13.8. The van der Waals surface area contributed by atoms with E-state index in [0.717, 1.165) is 31.9 Å². The van der Waals surface area contributed by atoms with Gasteiger partial charge in [0, 0.05) is 18.8 Å². The van der Waals surface area contributed by atoms with E-state index in [0.29, 0.717) is 6.54 Å². The van der Waals surface area contributed by atoms with Crippen LogP contribution in [0.15, 0.2) is 12.3 Å². The van der Waals surface area contributed by atoms with Crippen molar-refractivity contribution in [1.29, 1.82) is 0 Å². The van der Waals surface area contributed by atoms with Gasteiger partial charge in [0.05, 0.1) is 5.56 Å². The number of nitrogens with zero attached hydrogens (tertiary/aromatic N) is 2. The first-order valence-corrected chi connectivity index (χ1v) is 7.11. The topological polar surface area (TPSA) is 33.2 Å². The molecular weight excluding hydrogens is 262 g/mol. The van der Waals surface area contributed by atoms with Gasteiger partial charge in [0.25, 0.3) is 5.91 Å². The van der Waals surface area contributed by atoms with Gasteiger partial charge in [-0.25, -0.2) is 9.37 Å². The Bertz CT molecular complexity index is 485. The van der Waals surface area contributed by atoms with Crippen molar-refractivity contribution in [2.75, 3.05) is 6.54 Å². The summed E-state index contributed by atoms with van der Waals surface area (Å²) in [6.45, 7) is 4.59. The van der Waals surface area contributed by atoms with E-state index in [2.05, 4.69) is 4.98 Å². The number of aromatic nitrogens is 1. The normalized spacial score (nSPS) is 15.8. The number of rotatable bonds is 4. The number of pyridine rings is 1. The number of carbonyl (C=O) groups is 1. The number of hydrogen-bond donors (Lipinski definition) is 0. The van der Waals surface area contributed by atoms with Gasteiger partial charge < -0.3 is 4.90 Å². The highest BCUT2D eigenvalue weighted by Gasteiger charge is 2.30. The van der Waals surface area contributed by atoms with Crippen LogP contribution >= 0.6 is 0 Å². The second-order valence-electron chi connectivity index (χ2n) is 5.75. The molecule has 1 fully saturated rings. The Morgan fingerprint density at radius 3 is 2.65 bits per heavy atom. The molecule has 2 rings (SSSR count). The summed E-state index contributed by atoms with van der Waals surface area (Å²) in [5.74, 6) is -2.50. The molecule has 1 saturated carbocycles. The highest BCUT2D eigenvalue weighted by atomic mass is 19.2. The molecule has 3 nitrogen and oxygen atoms in total. The van der Waals surface area contributed by atoms with E-state index in [1.165, 1.54) is 6.07 Å². The van der Waals surface area contributed by atoms with E-state index in [9.17, 15) is 13.6 Å². The van der Waals surface area contributed by atoms with Crippen LogP contribution < -0.4 is 0 Å². The van der Waals surface area contributed by atoms with Crippen molar-refractivity contribution in [3.05, 3.63) is 29.6 Å². The molecule has 0 bridgehead atoms. The van der Waals surface area contributed by atoms with E-state index in [4.69, 9.17) is 0 Å². The standard InChI is InChI=1S/C15H20F2N2O/c1-10(2)9-19(11-5-3-4-6-11)15(20)12-7-8-18-14(17)13(12)16/h7-8,10-11H,3-6,9H2,1-2H3. The average Bonchev–Trinajstić information content (AvgIpc) is 2.92. The van der Waals surface area contributed by atoms with Gasteiger partial charge in [-0.1, -0.05) is 26.7 Å². The van der Waals surface area contributed by atoms with Crippen LogP contribution in [0.4, 0.5) is 8.78 Å². The van der Waals surface area contributed by atoms with Crippen LogP contribution in [0, 0.1) is 17.7 Å². The molecule has 1 aliphatic rings. The van der Waals surface area contributed by atoms with E-state index >= 15 is 0 Å². The molecule has 0 aromatic carbocycles. The second-order valence-corrected chi connectivity index (χ2v) is 5.75. The summed E-state index contributed by atoms with van der Waals surface area (Å²) < 4.78 is 26.9. The molecule has 1 heterocycles. The molecule has 20 heavy (non-hydrogen) atoms. The predicted octanol–water partition coefficient (Wildman–Crippen LogP) is 3.40. The molecule has 5 heteroatoms. The minimum Gasteiger partial charge on any atom is -0.335 e. The van der Waals surface area contributed by atoms with Gasteiger partial charge in [-0.05, 0) is 24.8 Å². The molecule has 0 aliphatic heterocycles. The molecule has 1 amide bonds. The van der Waals surface area contributed by atoms with Crippen molar-refractivity contribution in [1.82, 2.24) is 9.88 Å². The molecule has 0 saturated heterocycles. The van der Waals surface area contributed by atoms with Crippen LogP contribution in [0.1, 0.15) is 49.9 Å². The number of hydrogen-bond acceptors (Lipinski definition) is 2. The fourth-order valence-electron chi connectivity index (χ4n) is 2.75. The molecule has 110 valence electrons. The second kappa shape index (κ2) is 6.29. The highest BCUT2D eigenvalue weighted by Crippen LogP contribution is 2.26. The Morgan fingerprint density at radius 2 is 2.05 bits per heavy atom. The molecule has 0 spiro atoms. The lowest BCUT2D eigenvalue weighted by Crippen LogP contribution is -2.41. The SMILES string of the molecule is CC(C)CN(C(=O)c1ccnc(F)c1F)C1CCCC1. The summed E-state index contributed by atoms with van der Waals surface area (Å²) in [5.41, 5.74) is -0.218.